The fraction of sp³-hybridized carbons (Fsp3) is 0.667. The van der Waals surface area contributed by atoms with Gasteiger partial charge in [0, 0.05) is 31.0 Å². The van der Waals surface area contributed by atoms with E-state index in [9.17, 15) is 4.79 Å². The van der Waals surface area contributed by atoms with Crippen molar-refractivity contribution in [1.29, 1.82) is 0 Å². The van der Waals surface area contributed by atoms with Crippen LogP contribution in [0.3, 0.4) is 0 Å². The predicted octanol–water partition coefficient (Wildman–Crippen LogP) is 3.56. The van der Waals surface area contributed by atoms with Gasteiger partial charge in [-0.25, -0.2) is 4.79 Å². The number of hydrogen-bond acceptors (Lipinski definition) is 4. The van der Waals surface area contributed by atoms with Gasteiger partial charge in [-0.2, -0.15) is 0 Å². The van der Waals surface area contributed by atoms with Gasteiger partial charge in [0.05, 0.1) is 0 Å². The Kier molecular flexibility index (Phi) is 8.03. The molecular weight excluding hydrogens is 290 g/mol. The Balaban J connectivity index is 2.45. The third-order valence-electron chi connectivity index (χ3n) is 3.37. The molecule has 0 saturated heterocycles. The number of carbonyl (C=O) groups excluding carboxylic acids is 1. The summed E-state index contributed by atoms with van der Waals surface area (Å²) in [7, 11) is 0. The molecule has 1 heterocycles. The van der Waals surface area contributed by atoms with Crippen LogP contribution in [0.2, 0.25) is 0 Å². The molecule has 0 aliphatic heterocycles. The van der Waals surface area contributed by atoms with Gasteiger partial charge in [0.15, 0.2) is 0 Å². The average molecular weight is 321 g/mol. The lowest BCUT2D eigenvalue weighted by Crippen LogP contribution is -2.42. The van der Waals surface area contributed by atoms with Crippen molar-refractivity contribution in [3.05, 3.63) is 29.6 Å². The Hall–Kier alpha value is -1.62. The summed E-state index contributed by atoms with van der Waals surface area (Å²) >= 11 is 0. The number of rotatable bonds is 8. The lowest BCUT2D eigenvalue weighted by molar-refractivity contribution is 0.0521. The molecule has 1 aromatic heterocycles. The molecule has 5 heteroatoms. The van der Waals surface area contributed by atoms with Gasteiger partial charge in [-0.3, -0.25) is 4.98 Å². The first-order valence-electron chi connectivity index (χ1n) is 8.42. The van der Waals surface area contributed by atoms with Gasteiger partial charge in [0.25, 0.3) is 0 Å². The van der Waals surface area contributed by atoms with Crippen molar-refractivity contribution in [3.8, 4) is 0 Å². The zero-order valence-corrected chi connectivity index (χ0v) is 15.1. The van der Waals surface area contributed by atoms with Gasteiger partial charge < -0.3 is 15.4 Å². The number of aryl methyl sites for hydroxylation is 1. The summed E-state index contributed by atoms with van der Waals surface area (Å²) in [5.74, 6) is 0. The van der Waals surface area contributed by atoms with Gasteiger partial charge in [-0.15, -0.1) is 0 Å². The third kappa shape index (κ3) is 9.18. The molecule has 130 valence electrons. The zero-order valence-electron chi connectivity index (χ0n) is 15.1. The minimum Gasteiger partial charge on any atom is -0.444 e. The zero-order chi connectivity index (χ0) is 17.3. The number of nitrogens with one attached hydrogen (secondary N) is 2. The van der Waals surface area contributed by atoms with Gasteiger partial charge in [0.1, 0.15) is 5.60 Å². The first kappa shape index (κ1) is 19.4. The monoisotopic (exact) mass is 321 g/mol. The van der Waals surface area contributed by atoms with E-state index in [1.807, 2.05) is 40.0 Å². The highest BCUT2D eigenvalue weighted by molar-refractivity contribution is 5.67. The minimum absolute atomic E-state index is 0.226. The highest BCUT2D eigenvalue weighted by atomic mass is 16.6. The maximum Gasteiger partial charge on any atom is 0.407 e. The third-order valence-corrected chi connectivity index (χ3v) is 3.37. The van der Waals surface area contributed by atoms with Crippen LogP contribution in [-0.4, -0.2) is 29.3 Å². The number of alkyl carbamates (subject to hydrolysis) is 1. The lowest BCUT2D eigenvalue weighted by atomic mass is 10.1. The summed E-state index contributed by atoms with van der Waals surface area (Å²) < 4.78 is 5.28. The maximum absolute atomic E-state index is 11.8. The number of pyridine rings is 1. The molecule has 0 bridgehead atoms. The molecule has 1 unspecified atom stereocenters. The molecule has 1 amide bonds. The molecule has 2 N–H and O–H groups in total. The quantitative estimate of drug-likeness (QED) is 0.768. The SMILES string of the molecule is CCCCC(CNC(=O)OC(C)(C)C)NCc1ccc(C)nc1. The molecule has 1 rings (SSSR count). The Bertz CT molecular complexity index is 466. The number of unbranched alkanes of at least 4 members (excludes halogenated alkanes) is 1. The molecule has 23 heavy (non-hydrogen) atoms. The van der Waals surface area contributed by atoms with Crippen molar-refractivity contribution in [2.45, 2.75) is 72.1 Å². The molecule has 1 aromatic rings. The van der Waals surface area contributed by atoms with E-state index in [-0.39, 0.29) is 12.1 Å². The maximum atomic E-state index is 11.8. The largest absolute Gasteiger partial charge is 0.444 e. The highest BCUT2D eigenvalue weighted by Gasteiger charge is 2.17. The van der Waals surface area contributed by atoms with Crippen molar-refractivity contribution in [2.24, 2.45) is 0 Å². The number of hydrogen-bond donors (Lipinski definition) is 2. The van der Waals surface area contributed by atoms with Crippen LogP contribution in [0, 0.1) is 6.92 Å². The van der Waals surface area contributed by atoms with Crippen molar-refractivity contribution < 1.29 is 9.53 Å². The fourth-order valence-electron chi connectivity index (χ4n) is 2.11. The Morgan fingerprint density at radius 3 is 2.65 bits per heavy atom. The van der Waals surface area contributed by atoms with Gasteiger partial charge >= 0.3 is 6.09 Å². The van der Waals surface area contributed by atoms with E-state index in [2.05, 4.69) is 28.6 Å². The molecule has 0 fully saturated rings. The number of aromatic nitrogens is 1. The number of ether oxygens (including phenoxy) is 1. The first-order chi connectivity index (χ1) is 10.8. The van der Waals surface area contributed by atoms with Crippen LogP contribution >= 0.6 is 0 Å². The average Bonchev–Trinajstić information content (AvgIpc) is 2.46. The molecule has 0 aromatic carbocycles. The Labute approximate surface area is 140 Å². The van der Waals surface area contributed by atoms with E-state index in [0.717, 1.165) is 37.1 Å². The molecule has 5 nitrogen and oxygen atoms in total. The molecule has 1 atom stereocenters. The van der Waals surface area contributed by atoms with Gasteiger partial charge in [-0.05, 0) is 45.7 Å². The van der Waals surface area contributed by atoms with Crippen LogP contribution in [0.5, 0.6) is 0 Å². The minimum atomic E-state index is -0.468. The van der Waals surface area contributed by atoms with Crippen LogP contribution in [0.15, 0.2) is 18.3 Å². The molecular formula is C18H31N3O2. The first-order valence-corrected chi connectivity index (χ1v) is 8.42. The topological polar surface area (TPSA) is 63.2 Å². The summed E-state index contributed by atoms with van der Waals surface area (Å²) in [6.45, 7) is 11.1. The molecule has 0 aliphatic rings. The summed E-state index contributed by atoms with van der Waals surface area (Å²) in [6.07, 6.45) is 4.81. The van der Waals surface area contributed by atoms with Crippen LogP contribution in [0.4, 0.5) is 4.79 Å². The summed E-state index contributed by atoms with van der Waals surface area (Å²) in [6, 6.07) is 4.31. The van der Waals surface area contributed by atoms with Crippen LogP contribution in [-0.2, 0) is 11.3 Å². The Morgan fingerprint density at radius 2 is 2.09 bits per heavy atom. The van der Waals surface area contributed by atoms with E-state index in [4.69, 9.17) is 4.74 Å². The lowest BCUT2D eigenvalue weighted by Gasteiger charge is -2.22. The summed E-state index contributed by atoms with van der Waals surface area (Å²) in [4.78, 5) is 16.1. The van der Waals surface area contributed by atoms with E-state index < -0.39 is 5.60 Å². The smallest absolute Gasteiger partial charge is 0.407 e. The normalized spacial score (nSPS) is 12.7. The molecule has 0 saturated carbocycles. The Morgan fingerprint density at radius 1 is 1.35 bits per heavy atom. The van der Waals surface area contributed by atoms with E-state index in [1.165, 1.54) is 0 Å². The van der Waals surface area contributed by atoms with Crippen molar-refractivity contribution in [2.75, 3.05) is 6.54 Å². The number of nitrogens with zero attached hydrogens (tertiary/aromatic N) is 1. The van der Waals surface area contributed by atoms with Crippen LogP contribution in [0.25, 0.3) is 0 Å². The number of carbonyl (C=O) groups is 1. The standard InChI is InChI=1S/C18H31N3O2/c1-6-7-8-16(13-21-17(22)23-18(3,4)5)20-12-15-10-9-14(2)19-11-15/h9-11,16,20H,6-8,12-13H2,1-5H3,(H,21,22). The van der Waals surface area contributed by atoms with Crippen LogP contribution < -0.4 is 10.6 Å². The van der Waals surface area contributed by atoms with Crippen molar-refractivity contribution >= 4 is 6.09 Å². The van der Waals surface area contributed by atoms with Crippen molar-refractivity contribution in [3.63, 3.8) is 0 Å². The second-order valence-corrected chi connectivity index (χ2v) is 6.91. The van der Waals surface area contributed by atoms with E-state index in [1.54, 1.807) is 0 Å². The van der Waals surface area contributed by atoms with E-state index in [0.29, 0.717) is 6.54 Å². The second-order valence-electron chi connectivity index (χ2n) is 6.91. The fourth-order valence-corrected chi connectivity index (χ4v) is 2.11. The second kappa shape index (κ2) is 9.50. The van der Waals surface area contributed by atoms with Crippen LogP contribution in [0.1, 0.15) is 58.2 Å². The molecule has 0 aliphatic carbocycles. The molecule has 0 spiro atoms. The van der Waals surface area contributed by atoms with Crippen molar-refractivity contribution in [1.82, 2.24) is 15.6 Å². The summed E-state index contributed by atoms with van der Waals surface area (Å²) in [5.41, 5.74) is 1.70. The summed E-state index contributed by atoms with van der Waals surface area (Å²) in [5, 5.41) is 6.35. The van der Waals surface area contributed by atoms with Gasteiger partial charge in [-0.1, -0.05) is 25.8 Å². The predicted molar refractivity (Wildman–Crippen MR) is 93.4 cm³/mol. The van der Waals surface area contributed by atoms with E-state index >= 15 is 0 Å². The number of amides is 1. The molecule has 0 radical (unpaired) electrons. The van der Waals surface area contributed by atoms with Gasteiger partial charge in [0.2, 0.25) is 0 Å². The highest BCUT2D eigenvalue weighted by Crippen LogP contribution is 2.07.